The number of carbonyl (C=O) groups is 4. The van der Waals surface area contributed by atoms with Crippen molar-refractivity contribution >= 4 is 42.1 Å². The first kappa shape index (κ1) is 38.8. The van der Waals surface area contributed by atoms with Crippen LogP contribution in [0, 0.1) is 5.92 Å². The van der Waals surface area contributed by atoms with Crippen LogP contribution in [0.2, 0.25) is 0 Å². The molecule has 1 aromatic rings. The molecule has 2 atom stereocenters. The molecule has 11 nitrogen and oxygen atoms in total. The average molecular weight is 638 g/mol. The summed E-state index contributed by atoms with van der Waals surface area (Å²) in [4.78, 5) is 56.3. The number of ether oxygens (including phenoxy) is 2. The largest absolute Gasteiger partial charge is 0.459 e. The number of aliphatic imine (C=N–C) groups is 1. The number of unbranched alkanes of at least 4 members (excludes halogenated alkanes) is 3. The standard InChI is InChI=1S/C32H51N5O6.ClH/c1-7-8-9-10-18-42-31(41)36-28(33)24-15-13-23(14-16-24)20-35-29(39)26-12-11-17-37(26)30(40)25(19-22(2)3)34-21-27(38)43-32(4,5)6;/h13-16,22,25-26,34H,7-12,17-21H2,1-6H3,(H,35,39)(H2,33,36,41);1H/t25-,26+;/m1./s1. The lowest BCUT2D eigenvalue weighted by Crippen LogP contribution is -2.53. The van der Waals surface area contributed by atoms with Crippen LogP contribution in [0.25, 0.3) is 0 Å². The van der Waals surface area contributed by atoms with Gasteiger partial charge in [0.1, 0.15) is 17.5 Å². The number of amidine groups is 1. The summed E-state index contributed by atoms with van der Waals surface area (Å²) in [5.41, 5.74) is 6.76. The van der Waals surface area contributed by atoms with E-state index < -0.39 is 29.7 Å². The Morgan fingerprint density at radius 1 is 1.09 bits per heavy atom. The molecule has 4 N–H and O–H groups in total. The highest BCUT2D eigenvalue weighted by molar-refractivity contribution is 6.02. The maximum atomic E-state index is 13.5. The quantitative estimate of drug-likeness (QED) is 0.110. The van der Waals surface area contributed by atoms with Gasteiger partial charge in [0.15, 0.2) is 0 Å². The van der Waals surface area contributed by atoms with Crippen molar-refractivity contribution in [1.29, 1.82) is 0 Å². The van der Waals surface area contributed by atoms with E-state index in [1.54, 1.807) is 49.9 Å². The summed E-state index contributed by atoms with van der Waals surface area (Å²) in [5, 5.41) is 6.00. The van der Waals surface area contributed by atoms with E-state index in [1.807, 2.05) is 13.8 Å². The van der Waals surface area contributed by atoms with Crippen molar-refractivity contribution in [2.24, 2.45) is 16.6 Å². The second-order valence-electron chi connectivity index (χ2n) is 12.4. The van der Waals surface area contributed by atoms with Crippen molar-refractivity contribution in [2.75, 3.05) is 19.7 Å². The molecular formula is C32H52ClN5O6. The van der Waals surface area contributed by atoms with E-state index in [1.165, 1.54) is 0 Å². The summed E-state index contributed by atoms with van der Waals surface area (Å²) < 4.78 is 10.5. The van der Waals surface area contributed by atoms with Gasteiger partial charge in [-0.1, -0.05) is 64.3 Å². The number of hydrogen-bond donors (Lipinski definition) is 3. The van der Waals surface area contributed by atoms with Gasteiger partial charge in [0.2, 0.25) is 11.8 Å². The zero-order valence-corrected chi connectivity index (χ0v) is 28.0. The van der Waals surface area contributed by atoms with E-state index in [9.17, 15) is 19.2 Å². The molecule has 1 heterocycles. The van der Waals surface area contributed by atoms with Crippen molar-refractivity contribution in [3.63, 3.8) is 0 Å². The monoisotopic (exact) mass is 637 g/mol. The molecule has 2 rings (SSSR count). The topological polar surface area (TPSA) is 152 Å². The number of nitrogens with two attached hydrogens (primary N) is 1. The normalized spacial score (nSPS) is 15.8. The number of halogens is 1. The fourth-order valence-corrected chi connectivity index (χ4v) is 4.81. The van der Waals surface area contributed by atoms with Gasteiger partial charge in [0.05, 0.1) is 19.2 Å². The van der Waals surface area contributed by atoms with Crippen LogP contribution < -0.4 is 16.4 Å². The lowest BCUT2D eigenvalue weighted by Gasteiger charge is -2.30. The van der Waals surface area contributed by atoms with Crippen LogP contribution in [0.3, 0.4) is 0 Å². The van der Waals surface area contributed by atoms with Gasteiger partial charge in [-0.25, -0.2) is 4.79 Å². The number of likely N-dealkylation sites (tertiary alicyclic amines) is 1. The van der Waals surface area contributed by atoms with E-state index in [0.29, 0.717) is 31.6 Å². The summed E-state index contributed by atoms with van der Waals surface area (Å²) in [5.74, 6) is -0.577. The summed E-state index contributed by atoms with van der Waals surface area (Å²) in [6, 6.07) is 5.87. The molecule has 1 aromatic carbocycles. The lowest BCUT2D eigenvalue weighted by atomic mass is 10.0. The lowest BCUT2D eigenvalue weighted by molar-refractivity contribution is -0.154. The molecule has 0 radical (unpaired) electrons. The van der Waals surface area contributed by atoms with Crippen LogP contribution >= 0.6 is 12.4 Å². The second-order valence-corrected chi connectivity index (χ2v) is 12.4. The Balaban J connectivity index is 0.00000968. The Bertz CT molecular complexity index is 1100. The Morgan fingerprint density at radius 2 is 1.77 bits per heavy atom. The van der Waals surface area contributed by atoms with Crippen molar-refractivity contribution in [1.82, 2.24) is 15.5 Å². The molecule has 0 bridgehead atoms. The molecule has 248 valence electrons. The van der Waals surface area contributed by atoms with E-state index in [4.69, 9.17) is 15.2 Å². The van der Waals surface area contributed by atoms with Crippen molar-refractivity contribution in [3.05, 3.63) is 35.4 Å². The highest BCUT2D eigenvalue weighted by Gasteiger charge is 2.37. The van der Waals surface area contributed by atoms with Crippen LogP contribution in [0.1, 0.15) is 97.6 Å². The Labute approximate surface area is 268 Å². The molecule has 0 spiro atoms. The first-order valence-electron chi connectivity index (χ1n) is 15.4. The fourth-order valence-electron chi connectivity index (χ4n) is 4.81. The summed E-state index contributed by atoms with van der Waals surface area (Å²) in [6.07, 6.45) is 5.11. The maximum absolute atomic E-state index is 13.5. The third-order valence-corrected chi connectivity index (χ3v) is 6.91. The van der Waals surface area contributed by atoms with Gasteiger partial charge >= 0.3 is 12.1 Å². The Hall–Kier alpha value is -3.18. The van der Waals surface area contributed by atoms with E-state index in [0.717, 1.165) is 37.7 Å². The van der Waals surface area contributed by atoms with Gasteiger partial charge < -0.3 is 25.4 Å². The molecule has 1 aliphatic rings. The molecule has 12 heteroatoms. The van der Waals surface area contributed by atoms with Crippen LogP contribution in [-0.4, -0.2) is 72.0 Å². The molecule has 0 aliphatic carbocycles. The predicted octanol–water partition coefficient (Wildman–Crippen LogP) is 4.48. The number of nitrogens with zero attached hydrogens (tertiary/aromatic N) is 2. The summed E-state index contributed by atoms with van der Waals surface area (Å²) in [7, 11) is 0. The molecule has 0 aromatic heterocycles. The predicted molar refractivity (Wildman–Crippen MR) is 174 cm³/mol. The first-order chi connectivity index (χ1) is 20.3. The minimum atomic E-state index is -0.711. The molecule has 3 amide bonds. The smallest absolute Gasteiger partial charge is 0.435 e. The third-order valence-electron chi connectivity index (χ3n) is 6.91. The molecule has 0 saturated carbocycles. The fraction of sp³-hybridized carbons (Fsp3) is 0.656. The van der Waals surface area contributed by atoms with Crippen molar-refractivity contribution in [2.45, 2.75) is 111 Å². The molecule has 1 aliphatic heterocycles. The summed E-state index contributed by atoms with van der Waals surface area (Å²) in [6.45, 7) is 12.5. The van der Waals surface area contributed by atoms with Gasteiger partial charge in [0, 0.05) is 18.7 Å². The van der Waals surface area contributed by atoms with Gasteiger partial charge in [-0.15, -0.1) is 12.4 Å². The molecule has 44 heavy (non-hydrogen) atoms. The van der Waals surface area contributed by atoms with Crippen LogP contribution in [0.4, 0.5) is 4.79 Å². The molecular weight excluding hydrogens is 586 g/mol. The van der Waals surface area contributed by atoms with Crippen molar-refractivity contribution in [3.8, 4) is 0 Å². The molecule has 1 saturated heterocycles. The second kappa shape index (κ2) is 19.3. The van der Waals surface area contributed by atoms with Gasteiger partial charge in [-0.05, 0) is 57.9 Å². The molecule has 1 fully saturated rings. The van der Waals surface area contributed by atoms with Gasteiger partial charge in [-0.3, -0.25) is 19.7 Å². The average Bonchev–Trinajstić information content (AvgIpc) is 3.43. The number of rotatable bonds is 15. The SMILES string of the molecule is CCCCCCOC(=O)N=C(N)c1ccc(CNC(=O)[C@@H]2CCCN2C(=O)[C@@H](CC(C)C)NCC(=O)OC(C)(C)C)cc1.Cl. The number of carbonyl (C=O) groups excluding carboxylic acids is 4. The number of hydrogen-bond acceptors (Lipinski definition) is 7. The van der Waals surface area contributed by atoms with E-state index in [2.05, 4.69) is 22.5 Å². The first-order valence-corrected chi connectivity index (χ1v) is 15.4. The molecule has 0 unspecified atom stereocenters. The number of benzene rings is 1. The van der Waals surface area contributed by atoms with Crippen LogP contribution in [0.5, 0.6) is 0 Å². The minimum absolute atomic E-state index is 0. The maximum Gasteiger partial charge on any atom is 0.435 e. The van der Waals surface area contributed by atoms with Gasteiger partial charge in [0.25, 0.3) is 0 Å². The highest BCUT2D eigenvalue weighted by atomic mass is 35.5. The highest BCUT2D eigenvalue weighted by Crippen LogP contribution is 2.21. The Morgan fingerprint density at radius 3 is 2.39 bits per heavy atom. The van der Waals surface area contributed by atoms with Crippen molar-refractivity contribution < 1.29 is 28.7 Å². The van der Waals surface area contributed by atoms with Crippen LogP contribution in [0.15, 0.2) is 29.3 Å². The minimum Gasteiger partial charge on any atom is -0.459 e. The van der Waals surface area contributed by atoms with Gasteiger partial charge in [-0.2, -0.15) is 4.99 Å². The number of nitrogens with one attached hydrogen (secondary N) is 2. The Kier molecular flexibility index (Phi) is 17.0. The summed E-state index contributed by atoms with van der Waals surface area (Å²) >= 11 is 0. The zero-order valence-electron chi connectivity index (χ0n) is 27.1. The van der Waals surface area contributed by atoms with E-state index >= 15 is 0 Å². The number of amides is 3. The number of esters is 1. The van der Waals surface area contributed by atoms with Crippen LogP contribution in [-0.2, 0) is 30.4 Å². The van der Waals surface area contributed by atoms with E-state index in [-0.39, 0.29) is 49.1 Å². The third kappa shape index (κ3) is 14.1. The zero-order chi connectivity index (χ0) is 32.0.